The second-order valence-electron chi connectivity index (χ2n) is 7.82. The van der Waals surface area contributed by atoms with Crippen LogP contribution in [0.2, 0.25) is 0 Å². The first kappa shape index (κ1) is 22.0. The van der Waals surface area contributed by atoms with Gasteiger partial charge in [-0.1, -0.05) is 17.4 Å². The highest BCUT2D eigenvalue weighted by Gasteiger charge is 2.36. The van der Waals surface area contributed by atoms with Crippen LogP contribution in [0, 0.1) is 6.92 Å². The summed E-state index contributed by atoms with van der Waals surface area (Å²) in [5.41, 5.74) is 3.38. The number of hydrogen-bond acceptors (Lipinski definition) is 8. The maximum atomic E-state index is 12.9. The molecular formula is C24H24N4O5S. The van der Waals surface area contributed by atoms with Crippen molar-refractivity contribution < 1.29 is 23.7 Å². The van der Waals surface area contributed by atoms with Crippen LogP contribution in [0.1, 0.15) is 29.2 Å². The van der Waals surface area contributed by atoms with E-state index in [0.29, 0.717) is 28.2 Å². The topological polar surface area (TPSA) is 96.7 Å². The number of thiazole rings is 1. The normalized spacial score (nSPS) is 15.1. The van der Waals surface area contributed by atoms with Gasteiger partial charge in [0.25, 0.3) is 0 Å². The number of nitrogens with one attached hydrogen (secondary N) is 1. The smallest absolute Gasteiger partial charge is 0.226 e. The van der Waals surface area contributed by atoms with Crippen LogP contribution in [0.4, 0.5) is 5.82 Å². The molecule has 0 saturated carbocycles. The first-order valence-electron chi connectivity index (χ1n) is 10.6. The minimum atomic E-state index is -0.276. The molecule has 1 N–H and O–H groups in total. The number of hydrogen-bond donors (Lipinski definition) is 1. The van der Waals surface area contributed by atoms with Crippen molar-refractivity contribution in [3.05, 3.63) is 47.2 Å². The van der Waals surface area contributed by atoms with E-state index in [2.05, 4.69) is 5.32 Å². The summed E-state index contributed by atoms with van der Waals surface area (Å²) in [5, 5.41) is 8.43. The van der Waals surface area contributed by atoms with Crippen LogP contribution in [0.25, 0.3) is 15.3 Å². The van der Waals surface area contributed by atoms with Crippen LogP contribution >= 0.6 is 11.3 Å². The molecule has 2 aromatic carbocycles. The minimum Gasteiger partial charge on any atom is -0.497 e. The van der Waals surface area contributed by atoms with Crippen molar-refractivity contribution in [1.82, 2.24) is 14.8 Å². The molecule has 4 aromatic rings. The van der Waals surface area contributed by atoms with Gasteiger partial charge in [-0.15, -0.1) is 0 Å². The lowest BCUT2D eigenvalue weighted by Crippen LogP contribution is -2.25. The van der Waals surface area contributed by atoms with Gasteiger partial charge in [0.1, 0.15) is 11.6 Å². The maximum Gasteiger partial charge on any atom is 0.226 e. The zero-order valence-corrected chi connectivity index (χ0v) is 20.3. The Morgan fingerprint density at radius 3 is 2.53 bits per heavy atom. The maximum absolute atomic E-state index is 12.9. The zero-order chi connectivity index (χ0) is 24.0. The predicted molar refractivity (Wildman–Crippen MR) is 129 cm³/mol. The van der Waals surface area contributed by atoms with Crippen LogP contribution < -0.4 is 24.3 Å². The summed E-state index contributed by atoms with van der Waals surface area (Å²) in [6, 6.07) is 9.45. The number of methoxy groups -OCH3 is 4. The summed E-state index contributed by atoms with van der Waals surface area (Å²) in [6.07, 6.45) is 0.252. The Morgan fingerprint density at radius 1 is 1.03 bits per heavy atom. The van der Waals surface area contributed by atoms with Crippen LogP contribution in [0.3, 0.4) is 0 Å². The minimum absolute atomic E-state index is 0.113. The van der Waals surface area contributed by atoms with Gasteiger partial charge < -0.3 is 24.3 Å². The molecule has 5 rings (SSSR count). The van der Waals surface area contributed by atoms with Gasteiger partial charge in [0.2, 0.25) is 16.8 Å². The van der Waals surface area contributed by atoms with E-state index >= 15 is 0 Å². The Morgan fingerprint density at radius 2 is 1.82 bits per heavy atom. The van der Waals surface area contributed by atoms with Gasteiger partial charge in [0, 0.05) is 23.5 Å². The molecule has 1 amide bonds. The number of nitrogens with zero attached hydrogens (tertiary/aromatic N) is 3. The molecule has 34 heavy (non-hydrogen) atoms. The van der Waals surface area contributed by atoms with E-state index in [1.807, 2.05) is 37.3 Å². The number of carbonyl (C=O) groups is 1. The van der Waals surface area contributed by atoms with Crippen molar-refractivity contribution in [2.24, 2.45) is 0 Å². The quantitative estimate of drug-likeness (QED) is 0.439. The summed E-state index contributed by atoms with van der Waals surface area (Å²) in [6.45, 7) is 1.93. The predicted octanol–water partition coefficient (Wildman–Crippen LogP) is 4.30. The van der Waals surface area contributed by atoms with E-state index in [0.717, 1.165) is 32.8 Å². The number of benzene rings is 2. The molecule has 1 atom stereocenters. The van der Waals surface area contributed by atoms with Crippen LogP contribution in [0.15, 0.2) is 30.3 Å². The Labute approximate surface area is 200 Å². The Bertz CT molecular complexity index is 1410. The van der Waals surface area contributed by atoms with Gasteiger partial charge in [-0.25, -0.2) is 4.98 Å². The lowest BCUT2D eigenvalue weighted by atomic mass is 9.85. The molecule has 0 spiro atoms. The van der Waals surface area contributed by atoms with Gasteiger partial charge in [-0.05, 0) is 31.2 Å². The van der Waals surface area contributed by atoms with E-state index in [9.17, 15) is 4.79 Å². The molecule has 0 radical (unpaired) electrons. The summed E-state index contributed by atoms with van der Waals surface area (Å²) < 4.78 is 24.7. The second-order valence-corrected chi connectivity index (χ2v) is 8.83. The average Bonchev–Trinajstić information content (AvgIpc) is 3.42. The first-order valence-corrected chi connectivity index (χ1v) is 11.4. The highest BCUT2D eigenvalue weighted by molar-refractivity contribution is 7.20. The van der Waals surface area contributed by atoms with Gasteiger partial charge in [0.05, 0.1) is 44.3 Å². The fraction of sp³-hybridized carbons (Fsp3) is 0.292. The van der Waals surface area contributed by atoms with E-state index in [1.54, 1.807) is 33.1 Å². The van der Waals surface area contributed by atoms with Crippen molar-refractivity contribution in [2.45, 2.75) is 19.3 Å². The van der Waals surface area contributed by atoms with E-state index in [-0.39, 0.29) is 18.2 Å². The van der Waals surface area contributed by atoms with Crippen molar-refractivity contribution in [2.75, 3.05) is 33.8 Å². The molecular weight excluding hydrogens is 456 g/mol. The molecule has 9 nitrogen and oxygen atoms in total. The number of rotatable bonds is 6. The number of aryl methyl sites for hydroxylation is 1. The molecule has 1 aliphatic heterocycles. The summed E-state index contributed by atoms with van der Waals surface area (Å²) in [4.78, 5) is 17.6. The van der Waals surface area contributed by atoms with Crippen molar-refractivity contribution in [3.63, 3.8) is 0 Å². The van der Waals surface area contributed by atoms with E-state index in [4.69, 9.17) is 29.0 Å². The third-order valence-electron chi connectivity index (χ3n) is 5.98. The van der Waals surface area contributed by atoms with Crippen molar-refractivity contribution >= 4 is 33.3 Å². The fourth-order valence-corrected chi connectivity index (χ4v) is 5.41. The van der Waals surface area contributed by atoms with Gasteiger partial charge >= 0.3 is 0 Å². The largest absolute Gasteiger partial charge is 0.497 e. The molecule has 2 aromatic heterocycles. The summed E-state index contributed by atoms with van der Waals surface area (Å²) >= 11 is 1.48. The third-order valence-corrected chi connectivity index (χ3v) is 6.97. The van der Waals surface area contributed by atoms with Gasteiger partial charge in [-0.2, -0.15) is 9.78 Å². The summed E-state index contributed by atoms with van der Waals surface area (Å²) in [7, 11) is 6.35. The average molecular weight is 481 g/mol. The summed E-state index contributed by atoms with van der Waals surface area (Å²) in [5.74, 6) is 2.56. The highest BCUT2D eigenvalue weighted by Crippen LogP contribution is 2.48. The molecule has 0 aliphatic carbocycles. The van der Waals surface area contributed by atoms with Crippen LogP contribution in [-0.2, 0) is 4.79 Å². The molecule has 0 saturated heterocycles. The third kappa shape index (κ3) is 3.41. The van der Waals surface area contributed by atoms with Crippen LogP contribution in [-0.4, -0.2) is 49.1 Å². The molecule has 0 unspecified atom stereocenters. The lowest BCUT2D eigenvalue weighted by Gasteiger charge is -2.26. The number of amides is 1. The molecule has 1 aliphatic rings. The lowest BCUT2D eigenvalue weighted by molar-refractivity contribution is -0.116. The molecule has 10 heteroatoms. The SMILES string of the molecule is COc1ccc2nc(-n3nc(C)c4c3NC(=O)C[C@H]4c3ccc(OC)c(OC)c3OC)sc2c1. The Balaban J connectivity index is 1.67. The monoisotopic (exact) mass is 480 g/mol. The number of carbonyl (C=O) groups excluding carboxylic acids is 1. The standard InChI is InChI=1S/C24H24N4O5S/c1-12-20-15(14-7-9-17(31-3)22(33-5)21(14)32-4)11-19(29)26-23(20)28(27-12)24-25-16-8-6-13(30-2)10-18(16)34-24/h6-10,15H,11H2,1-5H3,(H,26,29)/t15-/m0/s1. The van der Waals surface area contributed by atoms with Crippen molar-refractivity contribution in [1.29, 1.82) is 0 Å². The van der Waals surface area contributed by atoms with Crippen LogP contribution in [0.5, 0.6) is 23.0 Å². The van der Waals surface area contributed by atoms with Gasteiger partial charge in [-0.3, -0.25) is 4.79 Å². The molecule has 3 heterocycles. The number of anilines is 1. The number of ether oxygens (including phenoxy) is 4. The molecule has 0 fully saturated rings. The van der Waals surface area contributed by atoms with Crippen molar-refractivity contribution in [3.8, 4) is 28.1 Å². The Hall–Kier alpha value is -3.79. The fourth-order valence-electron chi connectivity index (χ4n) is 4.46. The Kier molecular flexibility index (Phi) is 5.52. The second kappa shape index (κ2) is 8.53. The number of fused-ring (bicyclic) bond motifs is 2. The van der Waals surface area contributed by atoms with E-state index < -0.39 is 0 Å². The molecule has 176 valence electrons. The van der Waals surface area contributed by atoms with Gasteiger partial charge in [0.15, 0.2) is 11.5 Å². The van der Waals surface area contributed by atoms with E-state index in [1.165, 1.54) is 11.3 Å². The molecule has 0 bridgehead atoms. The zero-order valence-electron chi connectivity index (χ0n) is 19.5. The first-order chi connectivity index (χ1) is 16.5. The highest BCUT2D eigenvalue weighted by atomic mass is 32.1. The number of aromatic nitrogens is 3.